The minimum Gasteiger partial charge on any atom is -0.382 e. The van der Waals surface area contributed by atoms with Gasteiger partial charge in [-0.3, -0.25) is 9.89 Å². The second-order valence-corrected chi connectivity index (χ2v) is 8.81. The third-order valence-corrected chi connectivity index (χ3v) is 6.56. The van der Waals surface area contributed by atoms with Crippen LogP contribution in [0, 0.1) is 11.8 Å². The molecule has 3 rings (SSSR count). The molecular formula is C23H37ClN4O2. The molecule has 1 unspecified atom stereocenters. The summed E-state index contributed by atoms with van der Waals surface area (Å²) in [6.45, 7) is 8.41. The fourth-order valence-corrected chi connectivity index (χ4v) is 4.53. The first-order chi connectivity index (χ1) is 14.7. The Labute approximate surface area is 186 Å². The molecule has 1 aromatic carbocycles. The molecule has 30 heavy (non-hydrogen) atoms. The molecule has 2 heterocycles. The summed E-state index contributed by atoms with van der Waals surface area (Å²) in [5.74, 6) is 2.31. The molecule has 1 atom stereocenters. The van der Waals surface area contributed by atoms with Crippen LogP contribution in [-0.4, -0.2) is 82.5 Å². The number of hydrogen-bond donors (Lipinski definition) is 1. The van der Waals surface area contributed by atoms with Crippen molar-refractivity contribution >= 4 is 17.6 Å². The number of aliphatic imine (C=N–C) groups is 1. The lowest BCUT2D eigenvalue weighted by molar-refractivity contribution is 0.0536. The van der Waals surface area contributed by atoms with E-state index in [4.69, 9.17) is 21.1 Å². The van der Waals surface area contributed by atoms with E-state index in [1.54, 1.807) is 7.11 Å². The van der Waals surface area contributed by atoms with Crippen molar-refractivity contribution in [2.75, 3.05) is 66.7 Å². The van der Waals surface area contributed by atoms with Gasteiger partial charge in [0.2, 0.25) is 0 Å². The van der Waals surface area contributed by atoms with Gasteiger partial charge in [0.25, 0.3) is 0 Å². The van der Waals surface area contributed by atoms with E-state index in [0.717, 1.165) is 63.3 Å². The summed E-state index contributed by atoms with van der Waals surface area (Å²) in [6, 6.07) is 8.17. The predicted octanol–water partition coefficient (Wildman–Crippen LogP) is 3.11. The van der Waals surface area contributed by atoms with Crippen LogP contribution in [0.4, 0.5) is 0 Å². The zero-order valence-corrected chi connectivity index (χ0v) is 19.2. The third-order valence-electron chi connectivity index (χ3n) is 6.19. The van der Waals surface area contributed by atoms with Crippen molar-refractivity contribution in [3.63, 3.8) is 0 Å². The lowest BCUT2D eigenvalue weighted by atomic mass is 9.96. The summed E-state index contributed by atoms with van der Waals surface area (Å²) < 4.78 is 10.8. The Morgan fingerprint density at radius 2 is 1.90 bits per heavy atom. The van der Waals surface area contributed by atoms with Gasteiger partial charge in [-0.15, -0.1) is 0 Å². The number of rotatable bonds is 9. The minimum atomic E-state index is 0.577. The molecular weight excluding hydrogens is 400 g/mol. The third kappa shape index (κ3) is 7.12. The maximum Gasteiger partial charge on any atom is 0.193 e. The fraction of sp³-hybridized carbons (Fsp3) is 0.696. The Balaban J connectivity index is 1.35. The van der Waals surface area contributed by atoms with Crippen molar-refractivity contribution in [1.82, 2.24) is 15.1 Å². The highest BCUT2D eigenvalue weighted by Gasteiger charge is 2.26. The summed E-state index contributed by atoms with van der Waals surface area (Å²) in [4.78, 5) is 9.41. The number of piperidine rings is 1. The van der Waals surface area contributed by atoms with Crippen LogP contribution in [0.2, 0.25) is 5.02 Å². The molecule has 0 spiro atoms. The van der Waals surface area contributed by atoms with E-state index in [0.29, 0.717) is 25.0 Å². The van der Waals surface area contributed by atoms with Crippen molar-refractivity contribution in [2.24, 2.45) is 16.8 Å². The van der Waals surface area contributed by atoms with Gasteiger partial charge in [0.05, 0.1) is 19.8 Å². The number of nitrogens with zero attached hydrogens (tertiary/aromatic N) is 3. The van der Waals surface area contributed by atoms with Gasteiger partial charge in [-0.25, -0.2) is 0 Å². The van der Waals surface area contributed by atoms with Gasteiger partial charge in [0, 0.05) is 51.3 Å². The number of halogens is 1. The van der Waals surface area contributed by atoms with Gasteiger partial charge < -0.3 is 19.7 Å². The van der Waals surface area contributed by atoms with Crippen molar-refractivity contribution in [3.05, 3.63) is 34.9 Å². The van der Waals surface area contributed by atoms with Crippen LogP contribution in [0.5, 0.6) is 0 Å². The maximum absolute atomic E-state index is 6.32. The van der Waals surface area contributed by atoms with Gasteiger partial charge in [-0.05, 0) is 49.9 Å². The highest BCUT2D eigenvalue weighted by molar-refractivity contribution is 6.31. The highest BCUT2D eigenvalue weighted by Crippen LogP contribution is 2.22. The molecule has 168 valence electrons. The Hall–Kier alpha value is -1.34. The first-order valence-corrected chi connectivity index (χ1v) is 11.6. The first-order valence-electron chi connectivity index (χ1n) is 11.2. The number of benzene rings is 1. The van der Waals surface area contributed by atoms with Gasteiger partial charge in [-0.1, -0.05) is 29.8 Å². The molecule has 2 aliphatic rings. The summed E-state index contributed by atoms with van der Waals surface area (Å²) in [6.07, 6.45) is 3.59. The smallest absolute Gasteiger partial charge is 0.193 e. The van der Waals surface area contributed by atoms with Crippen LogP contribution >= 0.6 is 11.6 Å². The van der Waals surface area contributed by atoms with Crippen LogP contribution in [0.15, 0.2) is 29.3 Å². The van der Waals surface area contributed by atoms with Crippen molar-refractivity contribution < 1.29 is 9.47 Å². The van der Waals surface area contributed by atoms with E-state index in [1.165, 1.54) is 18.4 Å². The Morgan fingerprint density at radius 1 is 1.13 bits per heavy atom. The average Bonchev–Trinajstić information content (AvgIpc) is 3.23. The van der Waals surface area contributed by atoms with E-state index in [1.807, 2.05) is 19.2 Å². The largest absolute Gasteiger partial charge is 0.382 e. The van der Waals surface area contributed by atoms with E-state index in [9.17, 15) is 0 Å². The zero-order valence-electron chi connectivity index (χ0n) is 18.5. The quantitative estimate of drug-likeness (QED) is 0.366. The van der Waals surface area contributed by atoms with Crippen LogP contribution < -0.4 is 5.32 Å². The Morgan fingerprint density at radius 3 is 2.63 bits per heavy atom. The second-order valence-electron chi connectivity index (χ2n) is 8.41. The van der Waals surface area contributed by atoms with Crippen molar-refractivity contribution in [2.45, 2.75) is 25.8 Å². The molecule has 0 saturated carbocycles. The van der Waals surface area contributed by atoms with E-state index >= 15 is 0 Å². The van der Waals surface area contributed by atoms with Crippen molar-refractivity contribution in [1.29, 1.82) is 0 Å². The molecule has 0 radical (unpaired) electrons. The van der Waals surface area contributed by atoms with Crippen molar-refractivity contribution in [3.8, 4) is 0 Å². The Kier molecular flexibility index (Phi) is 9.72. The summed E-state index contributed by atoms with van der Waals surface area (Å²) in [7, 11) is 3.59. The molecule has 6 nitrogen and oxygen atoms in total. The molecule has 1 N–H and O–H groups in total. The number of hydrogen-bond acceptors (Lipinski definition) is 4. The number of nitrogens with one attached hydrogen (secondary N) is 1. The van der Waals surface area contributed by atoms with Gasteiger partial charge in [-0.2, -0.15) is 0 Å². The van der Waals surface area contributed by atoms with Crippen LogP contribution in [0.3, 0.4) is 0 Å². The lowest BCUT2D eigenvalue weighted by Crippen LogP contribution is -2.44. The molecule has 2 saturated heterocycles. The molecule has 0 amide bonds. The molecule has 0 bridgehead atoms. The first kappa shape index (κ1) is 23.3. The average molecular weight is 437 g/mol. The summed E-state index contributed by atoms with van der Waals surface area (Å²) in [5.41, 5.74) is 1.23. The molecule has 7 heteroatoms. The summed E-state index contributed by atoms with van der Waals surface area (Å²) in [5, 5.41) is 4.50. The second kappa shape index (κ2) is 12.5. The highest BCUT2D eigenvalue weighted by atomic mass is 35.5. The molecule has 1 aromatic rings. The predicted molar refractivity (Wildman–Crippen MR) is 123 cm³/mol. The van der Waals surface area contributed by atoms with E-state index in [-0.39, 0.29) is 0 Å². The molecule has 0 aromatic heterocycles. The van der Waals surface area contributed by atoms with E-state index in [2.05, 4.69) is 32.2 Å². The van der Waals surface area contributed by atoms with Gasteiger partial charge in [0.15, 0.2) is 5.96 Å². The fourth-order valence-electron chi connectivity index (χ4n) is 4.34. The number of methoxy groups -OCH3 is 1. The monoisotopic (exact) mass is 436 g/mol. The minimum absolute atomic E-state index is 0.577. The number of likely N-dealkylation sites (tertiary alicyclic amines) is 2. The normalized spacial score (nSPS) is 21.4. The maximum atomic E-state index is 6.32. The number of guanidine groups is 1. The topological polar surface area (TPSA) is 49.3 Å². The Bertz CT molecular complexity index is 664. The number of ether oxygens (including phenoxy) is 2. The lowest BCUT2D eigenvalue weighted by Gasteiger charge is -2.33. The van der Waals surface area contributed by atoms with Crippen LogP contribution in [0.1, 0.15) is 24.8 Å². The van der Waals surface area contributed by atoms with Gasteiger partial charge >= 0.3 is 0 Å². The van der Waals surface area contributed by atoms with Gasteiger partial charge in [0.1, 0.15) is 0 Å². The molecule has 0 aliphatic carbocycles. The van der Waals surface area contributed by atoms with E-state index < -0.39 is 0 Å². The summed E-state index contributed by atoms with van der Waals surface area (Å²) >= 11 is 6.32. The molecule has 2 aliphatic heterocycles. The SMILES string of the molecule is CN=C(NCC1CCN(Cc2ccccc2Cl)CC1)N1CCC(COCCOC)C1. The van der Waals surface area contributed by atoms with Crippen LogP contribution in [0.25, 0.3) is 0 Å². The zero-order chi connectivity index (χ0) is 21.2. The molecule has 2 fully saturated rings. The van der Waals surface area contributed by atoms with Crippen LogP contribution in [-0.2, 0) is 16.0 Å². The standard InChI is InChI=1S/C23H37ClN4O2/c1-25-23(28-12-9-20(16-28)18-30-14-13-29-2)26-15-19-7-10-27(11-8-19)17-21-5-3-4-6-22(21)24/h3-6,19-20H,7-18H2,1-2H3,(H,25,26).